The van der Waals surface area contributed by atoms with Crippen molar-refractivity contribution in [1.29, 1.82) is 0 Å². The molecule has 4 heteroatoms. The van der Waals surface area contributed by atoms with Crippen LogP contribution in [0.3, 0.4) is 0 Å². The Morgan fingerprint density at radius 1 is 1.29 bits per heavy atom. The molecule has 0 bridgehead atoms. The van der Waals surface area contributed by atoms with Gasteiger partial charge in [0.2, 0.25) is 0 Å². The molecule has 3 N–H and O–H groups in total. The smallest absolute Gasteiger partial charge is 0.0447 e. The van der Waals surface area contributed by atoms with Gasteiger partial charge in [0.15, 0.2) is 0 Å². The standard InChI is InChI=1S/C13H15BrN2S/c14-11-4-1-3-10(7-11)13(8-15)16-9-12-5-2-6-17-12/h1-7,13,16H,8-9,15H2. The molecule has 0 fully saturated rings. The van der Waals surface area contributed by atoms with Gasteiger partial charge in [-0.05, 0) is 29.1 Å². The third-order valence-corrected chi connectivity index (χ3v) is 3.96. The van der Waals surface area contributed by atoms with Crippen LogP contribution in [-0.4, -0.2) is 6.54 Å². The molecule has 0 radical (unpaired) electrons. The van der Waals surface area contributed by atoms with Gasteiger partial charge < -0.3 is 11.1 Å². The van der Waals surface area contributed by atoms with Gasteiger partial charge in [-0.1, -0.05) is 34.1 Å². The summed E-state index contributed by atoms with van der Waals surface area (Å²) >= 11 is 5.24. The first-order chi connectivity index (χ1) is 8.29. The summed E-state index contributed by atoms with van der Waals surface area (Å²) in [6.45, 7) is 1.47. The summed E-state index contributed by atoms with van der Waals surface area (Å²) in [6.07, 6.45) is 0. The Kier molecular flexibility index (Phi) is 4.74. The van der Waals surface area contributed by atoms with Crippen molar-refractivity contribution in [3.8, 4) is 0 Å². The van der Waals surface area contributed by atoms with Crippen molar-refractivity contribution in [1.82, 2.24) is 5.32 Å². The van der Waals surface area contributed by atoms with E-state index in [0.29, 0.717) is 6.54 Å². The monoisotopic (exact) mass is 310 g/mol. The maximum absolute atomic E-state index is 5.82. The SMILES string of the molecule is NCC(NCc1cccs1)c1cccc(Br)c1. The first kappa shape index (κ1) is 12.8. The predicted molar refractivity (Wildman–Crippen MR) is 77.1 cm³/mol. The maximum Gasteiger partial charge on any atom is 0.0447 e. The quantitative estimate of drug-likeness (QED) is 0.889. The molecule has 2 nitrogen and oxygen atoms in total. The molecule has 0 aliphatic carbocycles. The van der Waals surface area contributed by atoms with Crippen LogP contribution in [0.2, 0.25) is 0 Å². The van der Waals surface area contributed by atoms with Crippen molar-refractivity contribution >= 4 is 27.3 Å². The lowest BCUT2D eigenvalue weighted by Gasteiger charge is -2.17. The molecule has 0 spiro atoms. The van der Waals surface area contributed by atoms with Crippen LogP contribution >= 0.6 is 27.3 Å². The molecule has 0 aliphatic heterocycles. The Morgan fingerprint density at radius 3 is 2.82 bits per heavy atom. The van der Waals surface area contributed by atoms with Gasteiger partial charge in [0, 0.05) is 28.5 Å². The fourth-order valence-corrected chi connectivity index (χ4v) is 2.77. The van der Waals surface area contributed by atoms with E-state index < -0.39 is 0 Å². The van der Waals surface area contributed by atoms with Gasteiger partial charge in [0.05, 0.1) is 0 Å². The van der Waals surface area contributed by atoms with Crippen LogP contribution in [0.25, 0.3) is 0 Å². The second kappa shape index (κ2) is 6.31. The summed E-state index contributed by atoms with van der Waals surface area (Å²) in [4.78, 5) is 1.33. The Hall–Kier alpha value is -0.680. The number of halogens is 1. The van der Waals surface area contributed by atoms with Crippen LogP contribution in [0.5, 0.6) is 0 Å². The third-order valence-electron chi connectivity index (χ3n) is 2.59. The van der Waals surface area contributed by atoms with E-state index in [4.69, 9.17) is 5.73 Å². The molecule has 1 unspecified atom stereocenters. The number of rotatable bonds is 5. The molecule has 17 heavy (non-hydrogen) atoms. The molecule has 1 aromatic carbocycles. The largest absolute Gasteiger partial charge is 0.329 e. The molecule has 2 aromatic rings. The molecule has 0 saturated carbocycles. The molecule has 2 rings (SSSR count). The molecule has 0 saturated heterocycles. The molecule has 1 heterocycles. The first-order valence-corrected chi connectivity index (χ1v) is 7.18. The van der Waals surface area contributed by atoms with Crippen molar-refractivity contribution in [2.75, 3.05) is 6.54 Å². The zero-order chi connectivity index (χ0) is 12.1. The molecular formula is C13H15BrN2S. The highest BCUT2D eigenvalue weighted by Crippen LogP contribution is 2.18. The van der Waals surface area contributed by atoms with Gasteiger partial charge >= 0.3 is 0 Å². The zero-order valence-electron chi connectivity index (χ0n) is 9.40. The van der Waals surface area contributed by atoms with Crippen molar-refractivity contribution < 1.29 is 0 Å². The lowest BCUT2D eigenvalue weighted by molar-refractivity contribution is 0.545. The highest BCUT2D eigenvalue weighted by molar-refractivity contribution is 9.10. The number of nitrogens with one attached hydrogen (secondary N) is 1. The summed E-state index contributed by atoms with van der Waals surface area (Å²) in [5.74, 6) is 0. The Balaban J connectivity index is 2.01. The molecular weight excluding hydrogens is 296 g/mol. The lowest BCUT2D eigenvalue weighted by atomic mass is 10.1. The number of nitrogens with two attached hydrogens (primary N) is 1. The van der Waals surface area contributed by atoms with Gasteiger partial charge in [-0.15, -0.1) is 11.3 Å². The van der Waals surface area contributed by atoms with E-state index in [1.165, 1.54) is 10.4 Å². The van der Waals surface area contributed by atoms with Crippen LogP contribution in [-0.2, 0) is 6.54 Å². The average molecular weight is 311 g/mol. The Morgan fingerprint density at radius 2 is 2.18 bits per heavy atom. The molecule has 0 amide bonds. The number of hydrogen-bond donors (Lipinski definition) is 2. The second-order valence-electron chi connectivity index (χ2n) is 3.80. The number of benzene rings is 1. The van der Waals surface area contributed by atoms with Gasteiger partial charge in [0.1, 0.15) is 0 Å². The summed E-state index contributed by atoms with van der Waals surface area (Å²) in [5.41, 5.74) is 7.04. The topological polar surface area (TPSA) is 38.0 Å². The normalized spacial score (nSPS) is 12.6. The van der Waals surface area contributed by atoms with Crippen LogP contribution < -0.4 is 11.1 Å². The molecule has 90 valence electrons. The average Bonchev–Trinajstić information content (AvgIpc) is 2.83. The Bertz CT molecular complexity index is 456. The van der Waals surface area contributed by atoms with Crippen LogP contribution in [0, 0.1) is 0 Å². The lowest BCUT2D eigenvalue weighted by Crippen LogP contribution is -2.27. The van der Waals surface area contributed by atoms with E-state index in [9.17, 15) is 0 Å². The van der Waals surface area contributed by atoms with E-state index >= 15 is 0 Å². The van der Waals surface area contributed by atoms with E-state index in [-0.39, 0.29) is 6.04 Å². The van der Waals surface area contributed by atoms with Gasteiger partial charge in [-0.2, -0.15) is 0 Å². The van der Waals surface area contributed by atoms with Crippen molar-refractivity contribution in [3.63, 3.8) is 0 Å². The summed E-state index contributed by atoms with van der Waals surface area (Å²) in [7, 11) is 0. The van der Waals surface area contributed by atoms with Crippen molar-refractivity contribution in [3.05, 3.63) is 56.7 Å². The van der Waals surface area contributed by atoms with Gasteiger partial charge in [0.25, 0.3) is 0 Å². The van der Waals surface area contributed by atoms with E-state index in [0.717, 1.165) is 11.0 Å². The molecule has 0 aliphatic rings. The minimum absolute atomic E-state index is 0.203. The summed E-state index contributed by atoms with van der Waals surface area (Å²) in [5, 5.41) is 5.57. The van der Waals surface area contributed by atoms with Crippen molar-refractivity contribution in [2.45, 2.75) is 12.6 Å². The summed E-state index contributed by atoms with van der Waals surface area (Å²) in [6, 6.07) is 12.7. The highest BCUT2D eigenvalue weighted by Gasteiger charge is 2.09. The Labute approximate surface area is 114 Å². The van der Waals surface area contributed by atoms with E-state index in [1.54, 1.807) is 11.3 Å². The van der Waals surface area contributed by atoms with Gasteiger partial charge in [-0.3, -0.25) is 0 Å². The van der Waals surface area contributed by atoms with E-state index in [1.807, 2.05) is 12.1 Å². The van der Waals surface area contributed by atoms with Crippen LogP contribution in [0.15, 0.2) is 46.3 Å². The molecule has 1 aromatic heterocycles. The molecule has 1 atom stereocenters. The van der Waals surface area contributed by atoms with Crippen LogP contribution in [0.4, 0.5) is 0 Å². The number of hydrogen-bond acceptors (Lipinski definition) is 3. The van der Waals surface area contributed by atoms with E-state index in [2.05, 4.69) is 50.9 Å². The highest BCUT2D eigenvalue weighted by atomic mass is 79.9. The third kappa shape index (κ3) is 3.64. The van der Waals surface area contributed by atoms with Gasteiger partial charge in [-0.25, -0.2) is 0 Å². The van der Waals surface area contributed by atoms with Crippen molar-refractivity contribution in [2.24, 2.45) is 5.73 Å². The number of thiophene rings is 1. The fourth-order valence-electron chi connectivity index (χ4n) is 1.70. The zero-order valence-corrected chi connectivity index (χ0v) is 11.8. The minimum atomic E-state index is 0.203. The maximum atomic E-state index is 5.82. The van der Waals surface area contributed by atoms with Crippen LogP contribution in [0.1, 0.15) is 16.5 Å². The fraction of sp³-hybridized carbons (Fsp3) is 0.231. The summed E-state index contributed by atoms with van der Waals surface area (Å²) < 4.78 is 1.09. The first-order valence-electron chi connectivity index (χ1n) is 5.51. The second-order valence-corrected chi connectivity index (χ2v) is 5.75. The predicted octanol–water partition coefficient (Wildman–Crippen LogP) is 3.30. The minimum Gasteiger partial charge on any atom is -0.329 e.